The number of carbonyl (C=O) groups excluding carboxylic acids is 1. The van der Waals surface area contributed by atoms with Crippen LogP contribution in [0.5, 0.6) is 0 Å². The van der Waals surface area contributed by atoms with Gasteiger partial charge in [0.15, 0.2) is 0 Å². The van der Waals surface area contributed by atoms with E-state index in [9.17, 15) is 4.79 Å². The second-order valence-electron chi connectivity index (χ2n) is 4.77. The van der Waals surface area contributed by atoms with Crippen molar-refractivity contribution in [3.05, 3.63) is 0 Å². The Morgan fingerprint density at radius 2 is 2.00 bits per heavy atom. The number of carbonyl (C=O) groups is 1. The summed E-state index contributed by atoms with van der Waals surface area (Å²) in [6.45, 7) is 6.17. The molecule has 0 aromatic heterocycles. The minimum atomic E-state index is 0.277. The maximum Gasteiger partial charge on any atom is 0.223 e. The van der Waals surface area contributed by atoms with Crippen LogP contribution < -0.4 is 10.6 Å². The zero-order chi connectivity index (χ0) is 11.9. The Labute approximate surface area is 108 Å². The van der Waals surface area contributed by atoms with Crippen molar-refractivity contribution < 1.29 is 4.79 Å². The molecule has 5 heteroatoms. The third-order valence-electron chi connectivity index (χ3n) is 3.53. The van der Waals surface area contributed by atoms with E-state index < -0.39 is 0 Å². The van der Waals surface area contributed by atoms with Gasteiger partial charge in [-0.15, -0.1) is 0 Å². The molecule has 0 aromatic carbocycles. The molecule has 2 fully saturated rings. The lowest BCUT2D eigenvalue weighted by atomic mass is 10.0. The summed E-state index contributed by atoms with van der Waals surface area (Å²) >= 11 is 1.97. The van der Waals surface area contributed by atoms with Crippen LogP contribution in [0, 0.1) is 5.92 Å². The van der Waals surface area contributed by atoms with Crippen LogP contribution >= 0.6 is 11.8 Å². The van der Waals surface area contributed by atoms with E-state index in [1.54, 1.807) is 0 Å². The van der Waals surface area contributed by atoms with E-state index in [-0.39, 0.29) is 11.8 Å². The molecule has 0 saturated carbocycles. The Morgan fingerprint density at radius 3 is 2.71 bits per heavy atom. The van der Waals surface area contributed by atoms with Crippen molar-refractivity contribution in [1.82, 2.24) is 15.5 Å². The van der Waals surface area contributed by atoms with Gasteiger partial charge < -0.3 is 10.6 Å². The first kappa shape index (κ1) is 13.2. The van der Waals surface area contributed by atoms with Crippen molar-refractivity contribution in [2.24, 2.45) is 5.92 Å². The fourth-order valence-electron chi connectivity index (χ4n) is 2.38. The van der Waals surface area contributed by atoms with Gasteiger partial charge in [0.05, 0.1) is 0 Å². The maximum atomic E-state index is 11.9. The molecular formula is C12H23N3OS. The van der Waals surface area contributed by atoms with Gasteiger partial charge in [-0.05, 0) is 24.3 Å². The van der Waals surface area contributed by atoms with Crippen molar-refractivity contribution in [3.8, 4) is 0 Å². The van der Waals surface area contributed by atoms with Gasteiger partial charge >= 0.3 is 0 Å². The SMILES string of the molecule is O=C(NCCN1CCNCC1)C1CCSCC1. The molecule has 0 unspecified atom stereocenters. The Balaban J connectivity index is 1.58. The molecule has 0 aliphatic carbocycles. The van der Waals surface area contributed by atoms with Crippen molar-refractivity contribution in [2.45, 2.75) is 12.8 Å². The fraction of sp³-hybridized carbons (Fsp3) is 0.917. The summed E-state index contributed by atoms with van der Waals surface area (Å²) in [5.41, 5.74) is 0. The van der Waals surface area contributed by atoms with E-state index in [4.69, 9.17) is 0 Å². The van der Waals surface area contributed by atoms with E-state index in [2.05, 4.69) is 15.5 Å². The van der Waals surface area contributed by atoms with Crippen LogP contribution in [0.4, 0.5) is 0 Å². The lowest BCUT2D eigenvalue weighted by Gasteiger charge is -2.27. The molecule has 4 nitrogen and oxygen atoms in total. The van der Waals surface area contributed by atoms with Gasteiger partial charge in [0.2, 0.25) is 5.91 Å². The third-order valence-corrected chi connectivity index (χ3v) is 4.58. The molecular weight excluding hydrogens is 234 g/mol. The summed E-state index contributed by atoms with van der Waals surface area (Å²) in [5, 5.41) is 6.42. The molecule has 2 aliphatic heterocycles. The summed E-state index contributed by atoms with van der Waals surface area (Å²) in [6, 6.07) is 0. The molecule has 98 valence electrons. The zero-order valence-electron chi connectivity index (χ0n) is 10.4. The zero-order valence-corrected chi connectivity index (χ0v) is 11.2. The Kier molecular flexibility index (Phi) is 5.61. The van der Waals surface area contributed by atoms with Crippen LogP contribution in [0.25, 0.3) is 0 Å². The summed E-state index contributed by atoms with van der Waals surface area (Å²) in [7, 11) is 0. The second kappa shape index (κ2) is 7.24. The average Bonchev–Trinajstić information content (AvgIpc) is 2.41. The highest BCUT2D eigenvalue weighted by Gasteiger charge is 2.21. The van der Waals surface area contributed by atoms with Crippen LogP contribution in [-0.4, -0.2) is 61.6 Å². The van der Waals surface area contributed by atoms with Crippen molar-refractivity contribution in [2.75, 3.05) is 50.8 Å². The summed E-state index contributed by atoms with van der Waals surface area (Å²) in [6.07, 6.45) is 2.12. The second-order valence-corrected chi connectivity index (χ2v) is 5.99. The monoisotopic (exact) mass is 257 g/mol. The number of rotatable bonds is 4. The first-order chi connectivity index (χ1) is 8.36. The van der Waals surface area contributed by atoms with Crippen LogP contribution in [0.1, 0.15) is 12.8 Å². The summed E-state index contributed by atoms with van der Waals surface area (Å²) in [5.74, 6) is 2.85. The number of piperazine rings is 1. The van der Waals surface area contributed by atoms with Gasteiger partial charge in [0.25, 0.3) is 0 Å². The molecule has 2 heterocycles. The first-order valence-corrected chi connectivity index (χ1v) is 7.80. The molecule has 0 aromatic rings. The number of nitrogens with zero attached hydrogens (tertiary/aromatic N) is 1. The van der Waals surface area contributed by atoms with Crippen LogP contribution in [0.3, 0.4) is 0 Å². The topological polar surface area (TPSA) is 44.4 Å². The van der Waals surface area contributed by atoms with E-state index in [1.807, 2.05) is 11.8 Å². The fourth-order valence-corrected chi connectivity index (χ4v) is 3.48. The molecule has 2 rings (SSSR count). The number of amides is 1. The van der Waals surface area contributed by atoms with Crippen LogP contribution in [-0.2, 0) is 4.79 Å². The normalized spacial score (nSPS) is 23.5. The highest BCUT2D eigenvalue weighted by molar-refractivity contribution is 7.99. The molecule has 0 spiro atoms. The first-order valence-electron chi connectivity index (χ1n) is 6.65. The predicted octanol–water partition coefficient (Wildman–Crippen LogP) is 0.151. The molecule has 2 saturated heterocycles. The number of hydrogen-bond donors (Lipinski definition) is 2. The average molecular weight is 257 g/mol. The molecule has 0 radical (unpaired) electrons. The van der Waals surface area contributed by atoms with Gasteiger partial charge in [-0.3, -0.25) is 9.69 Å². The smallest absolute Gasteiger partial charge is 0.223 e. The van der Waals surface area contributed by atoms with E-state index in [0.717, 1.165) is 63.6 Å². The Bertz CT molecular complexity index is 238. The Morgan fingerprint density at radius 1 is 1.29 bits per heavy atom. The van der Waals surface area contributed by atoms with E-state index in [0.29, 0.717) is 0 Å². The molecule has 0 bridgehead atoms. The van der Waals surface area contributed by atoms with E-state index >= 15 is 0 Å². The standard InChI is InChI=1S/C12H23N3OS/c16-12(11-1-9-17-10-2-11)14-5-8-15-6-3-13-4-7-15/h11,13H,1-10H2,(H,14,16). The quantitative estimate of drug-likeness (QED) is 0.752. The summed E-state index contributed by atoms with van der Waals surface area (Å²) < 4.78 is 0. The van der Waals surface area contributed by atoms with Gasteiger partial charge in [-0.25, -0.2) is 0 Å². The lowest BCUT2D eigenvalue weighted by molar-refractivity contribution is -0.125. The molecule has 17 heavy (non-hydrogen) atoms. The minimum Gasteiger partial charge on any atom is -0.355 e. The summed E-state index contributed by atoms with van der Waals surface area (Å²) in [4.78, 5) is 14.3. The lowest BCUT2D eigenvalue weighted by Crippen LogP contribution is -2.46. The van der Waals surface area contributed by atoms with Gasteiger partial charge in [0, 0.05) is 45.2 Å². The molecule has 1 amide bonds. The Hall–Kier alpha value is -0.260. The van der Waals surface area contributed by atoms with Gasteiger partial charge in [0.1, 0.15) is 0 Å². The maximum absolute atomic E-state index is 11.9. The number of hydrogen-bond acceptors (Lipinski definition) is 4. The minimum absolute atomic E-state index is 0.277. The van der Waals surface area contributed by atoms with Crippen molar-refractivity contribution in [3.63, 3.8) is 0 Å². The highest BCUT2D eigenvalue weighted by Crippen LogP contribution is 2.22. The molecule has 2 aliphatic rings. The molecule has 2 N–H and O–H groups in total. The number of thioether (sulfide) groups is 1. The van der Waals surface area contributed by atoms with E-state index in [1.165, 1.54) is 0 Å². The predicted molar refractivity (Wildman–Crippen MR) is 72.4 cm³/mol. The van der Waals surface area contributed by atoms with Crippen LogP contribution in [0.2, 0.25) is 0 Å². The number of nitrogens with one attached hydrogen (secondary N) is 2. The van der Waals surface area contributed by atoms with Gasteiger partial charge in [-0.1, -0.05) is 0 Å². The van der Waals surface area contributed by atoms with Crippen molar-refractivity contribution in [1.29, 1.82) is 0 Å². The van der Waals surface area contributed by atoms with Gasteiger partial charge in [-0.2, -0.15) is 11.8 Å². The largest absolute Gasteiger partial charge is 0.355 e. The van der Waals surface area contributed by atoms with Crippen molar-refractivity contribution >= 4 is 17.7 Å². The van der Waals surface area contributed by atoms with Crippen LogP contribution in [0.15, 0.2) is 0 Å². The third kappa shape index (κ3) is 4.48. The highest BCUT2D eigenvalue weighted by atomic mass is 32.2. The molecule has 0 atom stereocenters.